The van der Waals surface area contributed by atoms with Gasteiger partial charge >= 0.3 is 0 Å². The van der Waals surface area contributed by atoms with Crippen LogP contribution in [0, 0.1) is 5.92 Å². The van der Waals surface area contributed by atoms with Crippen molar-refractivity contribution < 1.29 is 9.59 Å². The van der Waals surface area contributed by atoms with Crippen molar-refractivity contribution in [2.45, 2.75) is 6.92 Å². The van der Waals surface area contributed by atoms with Crippen LogP contribution in [0.5, 0.6) is 0 Å². The predicted octanol–water partition coefficient (Wildman–Crippen LogP) is 0.701. The third kappa shape index (κ3) is 1.25. The van der Waals surface area contributed by atoms with Gasteiger partial charge in [-0.15, -0.1) is 0 Å². The van der Waals surface area contributed by atoms with Crippen LogP contribution in [0.25, 0.3) is 0 Å². The zero-order chi connectivity index (χ0) is 10.1. The highest BCUT2D eigenvalue weighted by molar-refractivity contribution is 6.14. The van der Waals surface area contributed by atoms with Gasteiger partial charge in [-0.2, -0.15) is 0 Å². The van der Waals surface area contributed by atoms with Gasteiger partial charge in [0.1, 0.15) is 5.92 Å². The van der Waals surface area contributed by atoms with Gasteiger partial charge in [0.25, 0.3) is 11.8 Å². The third-order valence-corrected chi connectivity index (χ3v) is 2.22. The summed E-state index contributed by atoms with van der Waals surface area (Å²) in [6, 6.07) is 9.04. The molecule has 0 aromatic heterocycles. The molecule has 1 unspecified atom stereocenters. The molecular formula is C10H10N2O2. The average molecular weight is 190 g/mol. The monoisotopic (exact) mass is 190 g/mol. The molecule has 0 saturated carbocycles. The second-order valence-corrected chi connectivity index (χ2v) is 3.21. The first-order valence-corrected chi connectivity index (χ1v) is 4.39. The lowest BCUT2D eigenvalue weighted by Gasteiger charge is -2.14. The Kier molecular flexibility index (Phi) is 1.96. The molecule has 0 aliphatic carbocycles. The van der Waals surface area contributed by atoms with Gasteiger partial charge in [-0.25, -0.2) is 5.01 Å². The van der Waals surface area contributed by atoms with Gasteiger partial charge in [0.15, 0.2) is 0 Å². The number of hydrazine groups is 1. The van der Waals surface area contributed by atoms with Gasteiger partial charge < -0.3 is 0 Å². The van der Waals surface area contributed by atoms with Crippen LogP contribution in [0.1, 0.15) is 6.92 Å². The highest BCUT2D eigenvalue weighted by atomic mass is 16.2. The van der Waals surface area contributed by atoms with Crippen LogP contribution in [0.4, 0.5) is 5.69 Å². The highest BCUT2D eigenvalue weighted by Gasteiger charge is 2.36. The molecule has 1 atom stereocenters. The van der Waals surface area contributed by atoms with E-state index in [0.717, 1.165) is 0 Å². The summed E-state index contributed by atoms with van der Waals surface area (Å²) in [5.41, 5.74) is 3.20. The van der Waals surface area contributed by atoms with Gasteiger partial charge in [-0.3, -0.25) is 15.0 Å². The quantitative estimate of drug-likeness (QED) is 0.663. The maximum absolute atomic E-state index is 11.6. The molecule has 1 fully saturated rings. The average Bonchev–Trinajstić information content (AvgIpc) is 2.47. The fourth-order valence-corrected chi connectivity index (χ4v) is 1.34. The van der Waals surface area contributed by atoms with Crippen LogP contribution >= 0.6 is 0 Å². The zero-order valence-corrected chi connectivity index (χ0v) is 7.73. The molecule has 1 aliphatic heterocycles. The number of carbonyl (C=O) groups excluding carboxylic acids is 2. The van der Waals surface area contributed by atoms with Crippen LogP contribution in [0.15, 0.2) is 30.3 Å². The molecule has 1 N–H and O–H groups in total. The van der Waals surface area contributed by atoms with Gasteiger partial charge in [-0.05, 0) is 19.1 Å². The maximum atomic E-state index is 11.6. The summed E-state index contributed by atoms with van der Waals surface area (Å²) in [7, 11) is 0. The molecule has 1 aromatic carbocycles. The predicted molar refractivity (Wildman–Crippen MR) is 51.2 cm³/mol. The number of rotatable bonds is 1. The van der Waals surface area contributed by atoms with Crippen molar-refractivity contribution in [3.63, 3.8) is 0 Å². The largest absolute Gasteiger partial charge is 0.272 e. The Labute approximate surface area is 81.5 Å². The third-order valence-electron chi connectivity index (χ3n) is 2.22. The molecular weight excluding hydrogens is 180 g/mol. The van der Waals surface area contributed by atoms with Crippen molar-refractivity contribution in [3.05, 3.63) is 30.3 Å². The smallest absolute Gasteiger partial charge is 0.258 e. The van der Waals surface area contributed by atoms with E-state index in [2.05, 4.69) is 5.43 Å². The number of amides is 2. The minimum absolute atomic E-state index is 0.207. The van der Waals surface area contributed by atoms with Gasteiger partial charge in [0.2, 0.25) is 0 Å². The summed E-state index contributed by atoms with van der Waals surface area (Å²) in [6.45, 7) is 1.60. The molecule has 4 heteroatoms. The lowest BCUT2D eigenvalue weighted by atomic mass is 10.2. The summed E-state index contributed by atoms with van der Waals surface area (Å²) < 4.78 is 0. The van der Waals surface area contributed by atoms with Crippen molar-refractivity contribution in [2.24, 2.45) is 5.92 Å². The number of para-hydroxylation sites is 1. The minimum atomic E-state index is -0.588. The van der Waals surface area contributed by atoms with Crippen LogP contribution in [-0.4, -0.2) is 11.8 Å². The van der Waals surface area contributed by atoms with E-state index in [-0.39, 0.29) is 11.8 Å². The fourth-order valence-electron chi connectivity index (χ4n) is 1.34. The highest BCUT2D eigenvalue weighted by Crippen LogP contribution is 2.18. The minimum Gasteiger partial charge on any atom is -0.272 e. The summed E-state index contributed by atoms with van der Waals surface area (Å²) >= 11 is 0. The lowest BCUT2D eigenvalue weighted by Crippen LogP contribution is -2.35. The van der Waals surface area contributed by atoms with E-state index in [1.54, 1.807) is 19.1 Å². The van der Waals surface area contributed by atoms with Crippen molar-refractivity contribution in [1.82, 2.24) is 5.43 Å². The zero-order valence-electron chi connectivity index (χ0n) is 7.73. The van der Waals surface area contributed by atoms with Crippen molar-refractivity contribution in [2.75, 3.05) is 5.01 Å². The molecule has 72 valence electrons. The van der Waals surface area contributed by atoms with Crippen LogP contribution in [0.3, 0.4) is 0 Å². The SMILES string of the molecule is CC1C(=O)NN(c2ccccc2)C1=O. The first kappa shape index (κ1) is 8.74. The summed E-state index contributed by atoms with van der Waals surface area (Å²) in [5, 5.41) is 1.28. The standard InChI is InChI=1S/C10H10N2O2/c1-7-9(13)11-12(10(7)14)8-5-3-2-4-6-8/h2-7H,1H3,(H,11,13). The van der Waals surface area contributed by atoms with E-state index in [9.17, 15) is 9.59 Å². The van der Waals surface area contributed by atoms with Gasteiger partial charge in [0, 0.05) is 0 Å². The molecule has 1 aromatic rings. The first-order chi connectivity index (χ1) is 6.70. The first-order valence-electron chi connectivity index (χ1n) is 4.39. The van der Waals surface area contributed by atoms with Gasteiger partial charge in [-0.1, -0.05) is 18.2 Å². The molecule has 1 heterocycles. The molecule has 14 heavy (non-hydrogen) atoms. The molecule has 0 spiro atoms. The van der Waals surface area contributed by atoms with E-state index >= 15 is 0 Å². The van der Waals surface area contributed by atoms with Crippen molar-refractivity contribution in [1.29, 1.82) is 0 Å². The second kappa shape index (κ2) is 3.14. The fraction of sp³-hybridized carbons (Fsp3) is 0.200. The van der Waals surface area contributed by atoms with Gasteiger partial charge in [0.05, 0.1) is 5.69 Å². The summed E-state index contributed by atoms with van der Waals surface area (Å²) in [5.74, 6) is -1.05. The Bertz CT molecular complexity index is 375. The molecule has 4 nitrogen and oxygen atoms in total. The topological polar surface area (TPSA) is 49.4 Å². The molecule has 2 amide bonds. The molecule has 0 bridgehead atoms. The Morgan fingerprint density at radius 3 is 2.36 bits per heavy atom. The maximum Gasteiger partial charge on any atom is 0.258 e. The number of hydrogen-bond donors (Lipinski definition) is 1. The second-order valence-electron chi connectivity index (χ2n) is 3.21. The molecule has 2 rings (SSSR count). The number of carbonyl (C=O) groups is 2. The Hall–Kier alpha value is -1.84. The van der Waals surface area contributed by atoms with Crippen LogP contribution in [0.2, 0.25) is 0 Å². The van der Waals surface area contributed by atoms with Crippen molar-refractivity contribution >= 4 is 17.5 Å². The van der Waals surface area contributed by atoms with E-state index < -0.39 is 5.92 Å². The van der Waals surface area contributed by atoms with E-state index in [4.69, 9.17) is 0 Å². The number of benzene rings is 1. The Balaban J connectivity index is 2.30. The van der Waals surface area contributed by atoms with Crippen molar-refractivity contribution in [3.8, 4) is 0 Å². The van der Waals surface area contributed by atoms with E-state index in [1.165, 1.54) is 5.01 Å². The number of nitrogens with zero attached hydrogens (tertiary/aromatic N) is 1. The van der Waals surface area contributed by atoms with Crippen LogP contribution in [-0.2, 0) is 9.59 Å². The molecule has 1 aliphatic rings. The summed E-state index contributed by atoms with van der Waals surface area (Å²) in [4.78, 5) is 22.8. The van der Waals surface area contributed by atoms with E-state index in [1.807, 2.05) is 18.2 Å². The summed E-state index contributed by atoms with van der Waals surface area (Å²) in [6.07, 6.45) is 0. The lowest BCUT2D eigenvalue weighted by molar-refractivity contribution is -0.126. The number of anilines is 1. The molecule has 1 saturated heterocycles. The Morgan fingerprint density at radius 1 is 1.21 bits per heavy atom. The van der Waals surface area contributed by atoms with Crippen LogP contribution < -0.4 is 10.4 Å². The number of hydrogen-bond acceptors (Lipinski definition) is 2. The number of nitrogens with one attached hydrogen (secondary N) is 1. The molecule has 0 radical (unpaired) electrons. The normalized spacial score (nSPS) is 21.2. The van der Waals surface area contributed by atoms with E-state index in [0.29, 0.717) is 5.69 Å². The Morgan fingerprint density at radius 2 is 1.86 bits per heavy atom.